The van der Waals surface area contributed by atoms with Gasteiger partial charge in [-0.3, -0.25) is 19.7 Å². The van der Waals surface area contributed by atoms with Crippen LogP contribution in [0.1, 0.15) is 5.56 Å². The lowest BCUT2D eigenvalue weighted by molar-refractivity contribution is -0.384. The zero-order valence-electron chi connectivity index (χ0n) is 13.2. The third-order valence-electron chi connectivity index (χ3n) is 3.72. The Balaban J connectivity index is 1.59. The van der Waals surface area contributed by atoms with E-state index in [0.29, 0.717) is 11.3 Å². The molecule has 0 saturated carbocycles. The number of ether oxygens (including phenoxy) is 1. The molecule has 0 atom stereocenters. The molecule has 8 heteroatoms. The molecule has 0 aliphatic carbocycles. The highest BCUT2D eigenvalue weighted by Crippen LogP contribution is 2.28. The van der Waals surface area contributed by atoms with Gasteiger partial charge in [-0.15, -0.1) is 0 Å². The van der Waals surface area contributed by atoms with E-state index in [1.54, 1.807) is 17.0 Å². The van der Waals surface area contributed by atoms with E-state index in [2.05, 4.69) is 5.32 Å². The topological polar surface area (TPSA) is 102 Å². The number of rotatable bonds is 5. The van der Waals surface area contributed by atoms with Gasteiger partial charge in [-0.1, -0.05) is 12.1 Å². The van der Waals surface area contributed by atoms with E-state index in [-0.39, 0.29) is 31.3 Å². The lowest BCUT2D eigenvalue weighted by Crippen LogP contribution is -2.41. The number of amides is 1. The van der Waals surface area contributed by atoms with E-state index in [9.17, 15) is 19.7 Å². The van der Waals surface area contributed by atoms with Gasteiger partial charge in [0.15, 0.2) is 0 Å². The molecule has 1 heterocycles. The molecule has 2 aromatic carbocycles. The minimum absolute atomic E-state index is 0.0124. The number of hydrogen-bond donors (Lipinski definition) is 1. The van der Waals surface area contributed by atoms with Crippen molar-refractivity contribution in [3.63, 3.8) is 0 Å². The molecule has 0 bridgehead atoms. The van der Waals surface area contributed by atoms with Gasteiger partial charge in [-0.2, -0.15) is 0 Å². The molecule has 128 valence electrons. The van der Waals surface area contributed by atoms with E-state index in [1.807, 2.05) is 12.1 Å². The van der Waals surface area contributed by atoms with Crippen molar-refractivity contribution in [3.05, 3.63) is 64.2 Å². The van der Waals surface area contributed by atoms with Crippen molar-refractivity contribution in [2.45, 2.75) is 6.61 Å². The smallest absolute Gasteiger partial charge is 0.325 e. The van der Waals surface area contributed by atoms with Crippen LogP contribution in [0.2, 0.25) is 0 Å². The maximum Gasteiger partial charge on any atom is 0.325 e. The highest BCUT2D eigenvalue weighted by Gasteiger charge is 2.23. The van der Waals surface area contributed by atoms with Crippen molar-refractivity contribution < 1.29 is 19.2 Å². The summed E-state index contributed by atoms with van der Waals surface area (Å²) in [5.41, 5.74) is 2.04. The number of anilines is 2. The molecular weight excluding hydrogens is 326 g/mol. The molecule has 0 unspecified atom stereocenters. The first kappa shape index (κ1) is 16.4. The van der Waals surface area contributed by atoms with Crippen LogP contribution >= 0.6 is 0 Å². The number of nitrogens with zero attached hydrogens (tertiary/aromatic N) is 2. The molecule has 3 rings (SSSR count). The Morgan fingerprint density at radius 2 is 1.92 bits per heavy atom. The first-order chi connectivity index (χ1) is 12.0. The van der Waals surface area contributed by atoms with Crippen LogP contribution in [0.25, 0.3) is 0 Å². The van der Waals surface area contributed by atoms with E-state index >= 15 is 0 Å². The first-order valence-corrected chi connectivity index (χ1v) is 7.56. The zero-order valence-corrected chi connectivity index (χ0v) is 13.2. The number of hydrogen-bond acceptors (Lipinski definition) is 6. The average molecular weight is 341 g/mol. The second-order valence-electron chi connectivity index (χ2n) is 5.51. The molecular formula is C17H15N3O5. The van der Waals surface area contributed by atoms with Crippen LogP contribution in [0.4, 0.5) is 17.1 Å². The molecule has 1 aliphatic rings. The summed E-state index contributed by atoms with van der Waals surface area (Å²) < 4.78 is 5.20. The van der Waals surface area contributed by atoms with Gasteiger partial charge in [0.05, 0.1) is 22.8 Å². The molecule has 1 amide bonds. The maximum absolute atomic E-state index is 12.1. The van der Waals surface area contributed by atoms with Crippen molar-refractivity contribution in [3.8, 4) is 0 Å². The largest absolute Gasteiger partial charge is 0.459 e. The number of para-hydroxylation sites is 2. The van der Waals surface area contributed by atoms with E-state index in [0.717, 1.165) is 5.69 Å². The van der Waals surface area contributed by atoms with Crippen LogP contribution in [0, 0.1) is 10.1 Å². The summed E-state index contributed by atoms with van der Waals surface area (Å²) in [6, 6.07) is 13.0. The van der Waals surface area contributed by atoms with Crippen LogP contribution < -0.4 is 10.2 Å². The van der Waals surface area contributed by atoms with Crippen LogP contribution in [-0.4, -0.2) is 29.9 Å². The fourth-order valence-corrected chi connectivity index (χ4v) is 2.52. The third-order valence-corrected chi connectivity index (χ3v) is 3.72. The van der Waals surface area contributed by atoms with Gasteiger partial charge in [-0.05, 0) is 29.8 Å². The summed E-state index contributed by atoms with van der Waals surface area (Å²) in [7, 11) is 0. The predicted molar refractivity (Wildman–Crippen MR) is 90.2 cm³/mol. The van der Waals surface area contributed by atoms with Crippen molar-refractivity contribution in [1.29, 1.82) is 0 Å². The van der Waals surface area contributed by atoms with Crippen molar-refractivity contribution in [2.75, 3.05) is 23.3 Å². The van der Waals surface area contributed by atoms with Crippen molar-refractivity contribution in [1.82, 2.24) is 0 Å². The minimum atomic E-state index is -0.491. The number of esters is 1. The predicted octanol–water partition coefficient (Wildman–Crippen LogP) is 2.10. The fraction of sp³-hybridized carbons (Fsp3) is 0.176. The summed E-state index contributed by atoms with van der Waals surface area (Å²) in [4.78, 5) is 35.6. The van der Waals surface area contributed by atoms with Crippen LogP contribution in [0.5, 0.6) is 0 Å². The Morgan fingerprint density at radius 1 is 1.20 bits per heavy atom. The van der Waals surface area contributed by atoms with E-state index in [1.165, 1.54) is 24.3 Å². The van der Waals surface area contributed by atoms with Gasteiger partial charge < -0.3 is 15.0 Å². The normalized spacial score (nSPS) is 13.0. The molecule has 0 radical (unpaired) electrons. The van der Waals surface area contributed by atoms with Gasteiger partial charge in [0.1, 0.15) is 13.2 Å². The second kappa shape index (κ2) is 7.00. The molecule has 0 fully saturated rings. The van der Waals surface area contributed by atoms with Crippen molar-refractivity contribution >= 4 is 28.9 Å². The molecule has 8 nitrogen and oxygen atoms in total. The number of benzene rings is 2. The SMILES string of the molecule is O=C1CN(CC(=O)OCc2ccc([N+](=O)[O-])cc2)c2ccccc2N1. The molecule has 1 aliphatic heterocycles. The number of carbonyl (C=O) groups is 2. The lowest BCUT2D eigenvalue weighted by Gasteiger charge is -2.29. The summed E-state index contributed by atoms with van der Waals surface area (Å²) in [6.07, 6.45) is 0. The highest BCUT2D eigenvalue weighted by atomic mass is 16.6. The lowest BCUT2D eigenvalue weighted by atomic mass is 10.2. The average Bonchev–Trinajstić information content (AvgIpc) is 2.60. The Kier molecular flexibility index (Phi) is 4.60. The number of fused-ring (bicyclic) bond motifs is 1. The van der Waals surface area contributed by atoms with Crippen LogP contribution in [0.15, 0.2) is 48.5 Å². The molecule has 25 heavy (non-hydrogen) atoms. The van der Waals surface area contributed by atoms with E-state index < -0.39 is 10.9 Å². The number of nitro benzene ring substituents is 1. The van der Waals surface area contributed by atoms with Gasteiger partial charge >= 0.3 is 5.97 Å². The minimum Gasteiger partial charge on any atom is -0.459 e. The van der Waals surface area contributed by atoms with Gasteiger partial charge in [0.2, 0.25) is 5.91 Å². The monoisotopic (exact) mass is 341 g/mol. The molecule has 0 spiro atoms. The Bertz CT molecular complexity index is 819. The molecule has 0 aromatic heterocycles. The van der Waals surface area contributed by atoms with Gasteiger partial charge in [0, 0.05) is 12.1 Å². The molecule has 0 saturated heterocycles. The van der Waals surface area contributed by atoms with E-state index in [4.69, 9.17) is 4.74 Å². The second-order valence-corrected chi connectivity index (χ2v) is 5.51. The van der Waals surface area contributed by atoms with Crippen molar-refractivity contribution in [2.24, 2.45) is 0 Å². The summed E-state index contributed by atoms with van der Waals surface area (Å²) in [6.45, 7) is 0.0274. The van der Waals surface area contributed by atoms with Gasteiger partial charge in [0.25, 0.3) is 5.69 Å². The number of carbonyl (C=O) groups excluding carboxylic acids is 2. The first-order valence-electron chi connectivity index (χ1n) is 7.56. The Labute approximate surface area is 143 Å². The summed E-state index contributed by atoms with van der Waals surface area (Å²) in [5, 5.41) is 13.4. The van der Waals surface area contributed by atoms with Crippen LogP contribution in [0.3, 0.4) is 0 Å². The van der Waals surface area contributed by atoms with Gasteiger partial charge in [-0.25, -0.2) is 0 Å². The zero-order chi connectivity index (χ0) is 17.8. The quantitative estimate of drug-likeness (QED) is 0.508. The number of nitro groups is 1. The number of nitrogens with one attached hydrogen (secondary N) is 1. The third kappa shape index (κ3) is 3.92. The highest BCUT2D eigenvalue weighted by molar-refractivity contribution is 6.02. The summed E-state index contributed by atoms with van der Waals surface area (Å²) in [5.74, 6) is -0.676. The summed E-state index contributed by atoms with van der Waals surface area (Å²) >= 11 is 0. The fourth-order valence-electron chi connectivity index (χ4n) is 2.52. The Morgan fingerprint density at radius 3 is 2.64 bits per heavy atom. The maximum atomic E-state index is 12.1. The standard InChI is InChI=1S/C17H15N3O5/c21-16-9-19(15-4-2-1-3-14(15)18-16)10-17(22)25-11-12-5-7-13(8-6-12)20(23)24/h1-8H,9-11H2,(H,18,21). The Hall–Kier alpha value is -3.42. The molecule has 2 aromatic rings. The molecule has 1 N–H and O–H groups in total. The van der Waals surface area contributed by atoms with Crippen LogP contribution in [-0.2, 0) is 20.9 Å². The number of non-ortho nitro benzene ring substituents is 1.